The van der Waals surface area contributed by atoms with E-state index in [2.05, 4.69) is 45.2 Å². The number of rotatable bonds is 2. The molecule has 0 saturated heterocycles. The summed E-state index contributed by atoms with van der Waals surface area (Å²) in [6, 6.07) is 0. The molecule has 0 heterocycles. The van der Waals surface area contributed by atoms with Crippen LogP contribution in [0.3, 0.4) is 0 Å². The van der Waals surface area contributed by atoms with E-state index in [-0.39, 0.29) is 53.1 Å². The molecule has 0 aromatic heterocycles. The fourth-order valence-corrected chi connectivity index (χ4v) is 0.530. The van der Waals surface area contributed by atoms with Gasteiger partial charge in [0.2, 0.25) is 0 Å². The summed E-state index contributed by atoms with van der Waals surface area (Å²) in [5.41, 5.74) is 0. The maximum atomic E-state index is 7.50. The van der Waals surface area contributed by atoms with Crippen LogP contribution < -0.4 is 0 Å². The zero-order chi connectivity index (χ0) is 14.1. The van der Waals surface area contributed by atoms with E-state index in [4.69, 9.17) is 37.6 Å². The third-order valence-electron chi connectivity index (χ3n) is 0.289. The van der Waals surface area contributed by atoms with Gasteiger partial charge in [-0.2, -0.15) is 11.5 Å². The number of hydrogen-bond acceptors (Lipinski definition) is 6. The van der Waals surface area contributed by atoms with Crippen LogP contribution in [0.5, 0.6) is 0 Å². The van der Waals surface area contributed by atoms with Crippen LogP contribution >= 0.6 is 0 Å². The second kappa shape index (κ2) is 514. The Kier molecular flexibility index (Phi) is 2030. The predicted octanol–water partition coefficient (Wildman–Crippen LogP) is 0.0986. The molecule has 0 aromatic carbocycles. The number of hydrogen-bond donors (Lipinski definition) is 0. The van der Waals surface area contributed by atoms with Crippen molar-refractivity contribution in [2.24, 2.45) is 0 Å². The molecule has 19 heavy (non-hydrogen) atoms. The van der Waals surface area contributed by atoms with Gasteiger partial charge in [0.25, 0.3) is 0 Å². The molecule has 0 bridgehead atoms. The van der Waals surface area contributed by atoms with Crippen molar-refractivity contribution in [3.05, 3.63) is 33.1 Å². The summed E-state index contributed by atoms with van der Waals surface area (Å²) in [5, 5.41) is 12.5. The minimum Gasteiger partial charge on any atom is -0.870 e. The molecular weight excluding hydrogens is 396 g/mol. The minimum atomic E-state index is 0. The summed E-state index contributed by atoms with van der Waals surface area (Å²) < 4.78 is 22.5. The molecule has 0 aliphatic carbocycles. The SMILES string of the molecule is [C-]#N.[C-]#N.[C-]#[O+].[C-]#[O+].[C-]#[O+].[Fe+3].[Fe+3].[OH-].[S-]CCC[S-].[SH-]. The smallest absolute Gasteiger partial charge is 0.870 e. The molecule has 1 N–H and O–H groups in total. The average Bonchev–Trinajstić information content (AvgIpc) is 2.42. The Labute approximate surface area is 153 Å². The first kappa shape index (κ1) is 74.9. The Morgan fingerprint density at radius 3 is 0.789 bits per heavy atom. The molecule has 0 amide bonds. The van der Waals surface area contributed by atoms with Gasteiger partial charge in [-0.3, -0.25) is 0 Å². The molecule has 0 aromatic rings. The molecule has 0 rings (SSSR count). The van der Waals surface area contributed by atoms with Crippen LogP contribution in [-0.2, 0) is 86.8 Å². The Morgan fingerprint density at radius 1 is 0.684 bits per heavy atom. The predicted molar refractivity (Wildman–Crippen MR) is 61.5 cm³/mol. The van der Waals surface area contributed by atoms with Gasteiger partial charge < -0.3 is 67.9 Å². The van der Waals surface area contributed by atoms with E-state index in [9.17, 15) is 0 Å². The van der Waals surface area contributed by atoms with E-state index in [1.54, 1.807) is 0 Å². The van der Waals surface area contributed by atoms with Crippen LogP contribution in [0.25, 0.3) is 0 Å². The normalized spacial score (nSPS) is 2.74. The largest absolute Gasteiger partial charge is 3.00 e. The van der Waals surface area contributed by atoms with Crippen LogP contribution in [0.1, 0.15) is 6.42 Å². The molecular formula is C8H8Fe2N2O4S3. The first-order valence-electron chi connectivity index (χ1n) is 2.64. The van der Waals surface area contributed by atoms with Crippen molar-refractivity contribution in [2.75, 3.05) is 11.5 Å². The third-order valence-corrected chi connectivity index (χ3v) is 0.866. The van der Waals surface area contributed by atoms with Crippen LogP contribution in [0.2, 0.25) is 0 Å². The zero-order valence-electron chi connectivity index (χ0n) is 9.16. The molecule has 2 radical (unpaired) electrons. The Bertz CT molecular complexity index is 129. The van der Waals surface area contributed by atoms with E-state index in [0.29, 0.717) is 0 Å². The molecule has 6 nitrogen and oxygen atoms in total. The third kappa shape index (κ3) is 953. The molecule has 0 spiro atoms. The summed E-state index contributed by atoms with van der Waals surface area (Å²) in [4.78, 5) is 0. The molecule has 0 atom stereocenters. The number of thiol groups is 1. The van der Waals surface area contributed by atoms with Crippen molar-refractivity contribution < 1.29 is 53.6 Å². The second-order valence-corrected chi connectivity index (χ2v) is 1.58. The summed E-state index contributed by atoms with van der Waals surface area (Å²) >= 11 is 9.17. The van der Waals surface area contributed by atoms with E-state index < -0.39 is 0 Å². The molecule has 0 saturated carbocycles. The number of nitrogens with zero attached hydrogens (tertiary/aromatic N) is 2. The summed E-state index contributed by atoms with van der Waals surface area (Å²) in [6.07, 6.45) is 1.02. The van der Waals surface area contributed by atoms with Gasteiger partial charge in [-0.15, -0.1) is 0 Å². The van der Waals surface area contributed by atoms with Gasteiger partial charge in [0.1, 0.15) is 0 Å². The fraction of sp³-hybridized carbons (Fsp3) is 0.375. The maximum absolute atomic E-state index is 7.50. The van der Waals surface area contributed by atoms with Gasteiger partial charge >= 0.3 is 68.0 Å². The van der Waals surface area contributed by atoms with E-state index in [0.717, 1.165) is 17.9 Å². The van der Waals surface area contributed by atoms with Gasteiger partial charge in [-0.05, 0) is 0 Å². The van der Waals surface area contributed by atoms with Gasteiger partial charge in [0.15, 0.2) is 0 Å². The summed E-state index contributed by atoms with van der Waals surface area (Å²) in [5.74, 6) is 1.65. The standard InChI is InChI=1S/C3H8S2.2CN.3CO.2Fe.H2O.H2S/c4-2-1-3-5;5*1-2;;;;/h4-5H,1-3H2;;;;;;;;2*1H2/q;2*-1;;;;2*+3;;/p-4. The molecule has 0 fully saturated rings. The molecule has 108 valence electrons. The molecule has 0 aliphatic heterocycles. The topological polar surface area (TPSA) is 137 Å². The van der Waals surface area contributed by atoms with Gasteiger partial charge in [0.05, 0.1) is 0 Å². The van der Waals surface area contributed by atoms with Crippen molar-refractivity contribution in [1.29, 1.82) is 10.5 Å². The Morgan fingerprint density at radius 2 is 0.789 bits per heavy atom. The molecule has 0 aliphatic rings. The van der Waals surface area contributed by atoms with Crippen LogP contribution in [0.4, 0.5) is 0 Å². The molecule has 11 heteroatoms. The average molecular weight is 404 g/mol. The monoisotopic (exact) mass is 404 g/mol. The fourth-order valence-electron chi connectivity index (χ4n) is 0.0589. The van der Waals surface area contributed by atoms with Crippen molar-refractivity contribution >= 4 is 38.8 Å². The zero-order valence-corrected chi connectivity index (χ0v) is 13.9. The van der Waals surface area contributed by atoms with E-state index >= 15 is 0 Å². The first-order valence-corrected chi connectivity index (χ1v) is 3.79. The first-order chi connectivity index (χ1) is 7.41. The Hall–Kier alpha value is 0.249. The van der Waals surface area contributed by atoms with E-state index in [1.165, 1.54) is 0 Å². The van der Waals surface area contributed by atoms with Crippen LogP contribution in [-0.4, -0.2) is 17.0 Å². The maximum Gasteiger partial charge on any atom is 3.00 e. The summed E-state index contributed by atoms with van der Waals surface area (Å²) in [7, 11) is 0. The summed E-state index contributed by atoms with van der Waals surface area (Å²) in [6.45, 7) is 23.0. The van der Waals surface area contributed by atoms with Crippen molar-refractivity contribution in [1.82, 2.24) is 0 Å². The van der Waals surface area contributed by atoms with Gasteiger partial charge in [-0.25, -0.2) is 0 Å². The minimum absolute atomic E-state index is 0. The van der Waals surface area contributed by atoms with Crippen molar-refractivity contribution in [2.45, 2.75) is 6.42 Å². The van der Waals surface area contributed by atoms with Crippen LogP contribution in [0.15, 0.2) is 0 Å². The Balaban J connectivity index is -0.00000000652. The van der Waals surface area contributed by atoms with Crippen LogP contribution in [0, 0.1) is 43.6 Å². The molecule has 0 unspecified atom stereocenters. The van der Waals surface area contributed by atoms with E-state index in [1.807, 2.05) is 0 Å². The van der Waals surface area contributed by atoms with Gasteiger partial charge in [0, 0.05) is 0 Å². The quantitative estimate of drug-likeness (QED) is 0.210. The van der Waals surface area contributed by atoms with Crippen molar-refractivity contribution in [3.63, 3.8) is 0 Å². The van der Waals surface area contributed by atoms with Gasteiger partial charge in [-0.1, -0.05) is 6.42 Å². The van der Waals surface area contributed by atoms with Crippen molar-refractivity contribution in [3.8, 4) is 0 Å². The second-order valence-electron chi connectivity index (χ2n) is 0.762.